The molecule has 0 saturated carbocycles. The highest BCUT2D eigenvalue weighted by Crippen LogP contribution is 2.25. The van der Waals surface area contributed by atoms with Gasteiger partial charge in [-0.05, 0) is 6.92 Å². The largest absolute Gasteiger partial charge is 0.363 e. The molecule has 1 N–H and O–H groups in total. The number of hydrogen-bond donors (Lipinski definition) is 1. The number of anilines is 1. The maximum atomic E-state index is 12.1. The van der Waals surface area contributed by atoms with E-state index in [1.807, 2.05) is 0 Å². The van der Waals surface area contributed by atoms with Crippen molar-refractivity contribution in [2.45, 2.75) is 18.6 Å². The number of nitrogens with zero attached hydrogens (tertiary/aromatic N) is 3. The van der Waals surface area contributed by atoms with Crippen molar-refractivity contribution in [1.82, 2.24) is 14.7 Å². The third-order valence-electron chi connectivity index (χ3n) is 3.06. The molecule has 0 saturated heterocycles. The highest BCUT2D eigenvalue weighted by Gasteiger charge is 2.27. The number of aryl methyl sites for hydroxylation is 1. The summed E-state index contributed by atoms with van der Waals surface area (Å²) in [6.07, 6.45) is 2.95. The van der Waals surface area contributed by atoms with E-state index in [0.717, 1.165) is 0 Å². The maximum Gasteiger partial charge on any atom is 0.257 e. The summed E-state index contributed by atoms with van der Waals surface area (Å²) >= 11 is 1.41. The summed E-state index contributed by atoms with van der Waals surface area (Å²) in [5.74, 6) is 0.482. The monoisotopic (exact) mass is 292 g/mol. The van der Waals surface area contributed by atoms with Crippen LogP contribution in [0.2, 0.25) is 0 Å². The minimum absolute atomic E-state index is 0.0959. The van der Waals surface area contributed by atoms with Crippen LogP contribution in [0, 0.1) is 12.8 Å². The van der Waals surface area contributed by atoms with E-state index in [4.69, 9.17) is 0 Å². The summed E-state index contributed by atoms with van der Waals surface area (Å²) in [5, 5.41) is 6.95. The van der Waals surface area contributed by atoms with Crippen molar-refractivity contribution >= 4 is 23.5 Å². The SMILES string of the molecule is Cc1cnc2n(c1=O)C[C@H](C(=O)Nc1ccon1)CS2. The molecule has 8 heteroatoms. The fourth-order valence-corrected chi connectivity index (χ4v) is 3.01. The standard InChI is InChI=1S/C12H12N4O3S/c1-7-4-13-12-16(11(7)18)5-8(6-20-12)10(17)14-9-2-3-19-15-9/h2-4,8H,5-6H2,1H3,(H,14,15,17)/t8-/m0/s1. The number of hydrogen-bond acceptors (Lipinski definition) is 6. The predicted octanol–water partition coefficient (Wildman–Crippen LogP) is 0.900. The molecule has 0 radical (unpaired) electrons. The molecule has 0 fully saturated rings. The van der Waals surface area contributed by atoms with Gasteiger partial charge in [-0.3, -0.25) is 14.2 Å². The Kier molecular flexibility index (Phi) is 3.31. The van der Waals surface area contributed by atoms with Crippen LogP contribution in [0.4, 0.5) is 5.82 Å². The van der Waals surface area contributed by atoms with Gasteiger partial charge in [0.05, 0.1) is 5.92 Å². The number of fused-ring (bicyclic) bond motifs is 1. The van der Waals surface area contributed by atoms with Crippen LogP contribution < -0.4 is 10.9 Å². The van der Waals surface area contributed by atoms with E-state index in [0.29, 0.717) is 28.8 Å². The third-order valence-corrected chi connectivity index (χ3v) is 4.21. The van der Waals surface area contributed by atoms with Gasteiger partial charge < -0.3 is 9.84 Å². The second-order valence-electron chi connectivity index (χ2n) is 4.52. The Bertz CT molecular complexity index is 695. The van der Waals surface area contributed by atoms with Crippen molar-refractivity contribution in [3.8, 4) is 0 Å². The van der Waals surface area contributed by atoms with Gasteiger partial charge in [-0.2, -0.15) is 0 Å². The Labute approximate surface area is 118 Å². The molecular weight excluding hydrogens is 280 g/mol. The van der Waals surface area contributed by atoms with Crippen molar-refractivity contribution in [3.05, 3.63) is 34.4 Å². The first kappa shape index (κ1) is 12.9. The zero-order valence-corrected chi connectivity index (χ0v) is 11.5. The summed E-state index contributed by atoms with van der Waals surface area (Å²) < 4.78 is 6.21. The van der Waals surface area contributed by atoms with E-state index in [2.05, 4.69) is 20.0 Å². The van der Waals surface area contributed by atoms with Gasteiger partial charge in [0.25, 0.3) is 5.56 Å². The fourth-order valence-electron chi connectivity index (χ4n) is 1.97. The number of carbonyl (C=O) groups is 1. The molecule has 1 aliphatic heterocycles. The molecule has 1 amide bonds. The van der Waals surface area contributed by atoms with Crippen LogP contribution in [0.3, 0.4) is 0 Å². The average molecular weight is 292 g/mol. The summed E-state index contributed by atoms with van der Waals surface area (Å²) in [6, 6.07) is 1.57. The molecule has 0 unspecified atom stereocenters. The van der Waals surface area contributed by atoms with E-state index < -0.39 is 0 Å². The summed E-state index contributed by atoms with van der Waals surface area (Å²) in [7, 11) is 0. The van der Waals surface area contributed by atoms with Crippen molar-refractivity contribution in [3.63, 3.8) is 0 Å². The first-order valence-corrected chi connectivity index (χ1v) is 7.04. The molecule has 7 nitrogen and oxygen atoms in total. The Balaban J connectivity index is 1.80. The molecule has 3 heterocycles. The second-order valence-corrected chi connectivity index (χ2v) is 5.51. The highest BCUT2D eigenvalue weighted by molar-refractivity contribution is 7.99. The molecule has 0 spiro atoms. The van der Waals surface area contributed by atoms with Crippen LogP contribution in [-0.2, 0) is 11.3 Å². The number of thioether (sulfide) groups is 1. The lowest BCUT2D eigenvalue weighted by Gasteiger charge is -2.23. The molecule has 20 heavy (non-hydrogen) atoms. The highest BCUT2D eigenvalue weighted by atomic mass is 32.2. The Morgan fingerprint density at radius 3 is 3.20 bits per heavy atom. The summed E-state index contributed by atoms with van der Waals surface area (Å²) in [4.78, 5) is 28.4. The van der Waals surface area contributed by atoms with Crippen LogP contribution in [-0.4, -0.2) is 26.4 Å². The van der Waals surface area contributed by atoms with E-state index in [1.165, 1.54) is 18.0 Å². The minimum atomic E-state index is -0.300. The van der Waals surface area contributed by atoms with Crippen LogP contribution in [0.1, 0.15) is 5.56 Å². The molecule has 0 bridgehead atoms. The van der Waals surface area contributed by atoms with Crippen molar-refractivity contribution in [1.29, 1.82) is 0 Å². The summed E-state index contributed by atoms with van der Waals surface area (Å²) in [5.41, 5.74) is 0.480. The second kappa shape index (κ2) is 5.12. The molecule has 2 aromatic heterocycles. The lowest BCUT2D eigenvalue weighted by Crippen LogP contribution is -2.37. The van der Waals surface area contributed by atoms with E-state index >= 15 is 0 Å². The lowest BCUT2D eigenvalue weighted by molar-refractivity contribution is -0.119. The third kappa shape index (κ3) is 2.34. The first-order chi connectivity index (χ1) is 9.65. The molecule has 104 valence electrons. The number of carbonyl (C=O) groups excluding carboxylic acids is 1. The molecule has 0 aromatic carbocycles. The Morgan fingerprint density at radius 2 is 2.45 bits per heavy atom. The number of aromatic nitrogens is 3. The number of nitrogens with one attached hydrogen (secondary N) is 1. The fraction of sp³-hybridized carbons (Fsp3) is 0.333. The van der Waals surface area contributed by atoms with Gasteiger partial charge >= 0.3 is 0 Å². The minimum Gasteiger partial charge on any atom is -0.363 e. The van der Waals surface area contributed by atoms with Crippen LogP contribution in [0.15, 0.2) is 33.0 Å². The van der Waals surface area contributed by atoms with Gasteiger partial charge in [0.1, 0.15) is 6.26 Å². The Hall–Kier alpha value is -2.09. The van der Waals surface area contributed by atoms with Crippen LogP contribution >= 0.6 is 11.8 Å². The molecule has 2 aromatic rings. The van der Waals surface area contributed by atoms with Gasteiger partial charge in [0, 0.05) is 30.1 Å². The summed E-state index contributed by atoms with van der Waals surface area (Å²) in [6.45, 7) is 2.05. The smallest absolute Gasteiger partial charge is 0.257 e. The zero-order valence-electron chi connectivity index (χ0n) is 10.7. The predicted molar refractivity (Wildman–Crippen MR) is 72.6 cm³/mol. The first-order valence-electron chi connectivity index (χ1n) is 6.05. The molecule has 3 rings (SSSR count). The van der Waals surface area contributed by atoms with Crippen molar-refractivity contribution in [2.75, 3.05) is 11.1 Å². The van der Waals surface area contributed by atoms with Gasteiger partial charge in [0.15, 0.2) is 11.0 Å². The average Bonchev–Trinajstić information content (AvgIpc) is 2.95. The quantitative estimate of drug-likeness (QED) is 0.827. The molecule has 1 atom stereocenters. The normalized spacial score (nSPS) is 17.6. The topological polar surface area (TPSA) is 90.0 Å². The molecular formula is C12H12N4O3S. The lowest BCUT2D eigenvalue weighted by atomic mass is 10.1. The number of amides is 1. The Morgan fingerprint density at radius 1 is 1.60 bits per heavy atom. The zero-order chi connectivity index (χ0) is 14.1. The van der Waals surface area contributed by atoms with Crippen LogP contribution in [0.25, 0.3) is 0 Å². The van der Waals surface area contributed by atoms with Crippen molar-refractivity contribution < 1.29 is 9.32 Å². The van der Waals surface area contributed by atoms with E-state index in [-0.39, 0.29) is 17.4 Å². The molecule has 0 aliphatic carbocycles. The maximum absolute atomic E-state index is 12.1. The molecule has 1 aliphatic rings. The van der Waals surface area contributed by atoms with E-state index in [1.54, 1.807) is 23.8 Å². The van der Waals surface area contributed by atoms with Gasteiger partial charge in [-0.1, -0.05) is 16.9 Å². The van der Waals surface area contributed by atoms with Gasteiger partial charge in [-0.25, -0.2) is 4.98 Å². The van der Waals surface area contributed by atoms with E-state index in [9.17, 15) is 9.59 Å². The van der Waals surface area contributed by atoms with Crippen LogP contribution in [0.5, 0.6) is 0 Å². The van der Waals surface area contributed by atoms with Gasteiger partial charge in [-0.15, -0.1) is 0 Å². The van der Waals surface area contributed by atoms with Crippen molar-refractivity contribution in [2.24, 2.45) is 5.92 Å². The number of rotatable bonds is 2. The van der Waals surface area contributed by atoms with Gasteiger partial charge in [0.2, 0.25) is 5.91 Å².